The van der Waals surface area contributed by atoms with Crippen LogP contribution in [0.15, 0.2) is 41.4 Å². The van der Waals surface area contributed by atoms with Gasteiger partial charge < -0.3 is 10.4 Å². The molecule has 0 aliphatic heterocycles. The van der Waals surface area contributed by atoms with Gasteiger partial charge in [-0.1, -0.05) is 13.8 Å². The summed E-state index contributed by atoms with van der Waals surface area (Å²) in [5.74, 6) is -3.13. The van der Waals surface area contributed by atoms with E-state index < -0.39 is 56.0 Å². The Balaban J connectivity index is 0.00000233. The highest BCUT2D eigenvalue weighted by Crippen LogP contribution is 2.32. The van der Waals surface area contributed by atoms with Crippen LogP contribution in [0.4, 0.5) is 23.2 Å². The van der Waals surface area contributed by atoms with E-state index in [-0.39, 0.29) is 4.90 Å². The molecule has 168 valence electrons. The number of halogens is 4. The van der Waals surface area contributed by atoms with E-state index >= 15 is 0 Å². The maximum Gasteiger partial charge on any atom is 0.419 e. The van der Waals surface area contributed by atoms with Gasteiger partial charge in [-0.3, -0.25) is 4.79 Å². The number of anilines is 1. The summed E-state index contributed by atoms with van der Waals surface area (Å²) in [6.45, 7) is 4.85. The molecule has 0 fully saturated rings. The summed E-state index contributed by atoms with van der Waals surface area (Å²) >= 11 is 0. The predicted molar refractivity (Wildman–Crippen MR) is 103 cm³/mol. The van der Waals surface area contributed by atoms with Crippen molar-refractivity contribution in [2.24, 2.45) is 0 Å². The molecular weight excluding hydrogens is 442 g/mol. The molecule has 1 heterocycles. The Morgan fingerprint density at radius 2 is 1.77 bits per heavy atom. The fourth-order valence-electron chi connectivity index (χ4n) is 2.26. The summed E-state index contributed by atoms with van der Waals surface area (Å²) in [6.07, 6.45) is -4.16. The zero-order valence-electron chi connectivity index (χ0n) is 16.7. The van der Waals surface area contributed by atoms with Crippen molar-refractivity contribution < 1.29 is 35.9 Å². The number of nitrogens with one attached hydrogen (secondary N) is 1. The molecule has 1 aromatic heterocycles. The van der Waals surface area contributed by atoms with Gasteiger partial charge in [-0.05, 0) is 37.3 Å². The molecule has 12 heteroatoms. The van der Waals surface area contributed by atoms with Crippen molar-refractivity contribution in [2.75, 3.05) is 11.1 Å². The smallest absolute Gasteiger partial charge is 0.379 e. The Morgan fingerprint density at radius 1 is 1.23 bits per heavy atom. The first-order valence-corrected chi connectivity index (χ1v) is 10.4. The molecule has 0 saturated heterocycles. The number of benzene rings is 1. The van der Waals surface area contributed by atoms with Gasteiger partial charge in [0.25, 0.3) is 5.91 Å². The number of hydrogen-bond donors (Lipinski definition) is 2. The van der Waals surface area contributed by atoms with Crippen LogP contribution < -0.4 is 5.32 Å². The molecule has 0 spiro atoms. The lowest BCUT2D eigenvalue weighted by Gasteiger charge is -2.22. The molecule has 2 rings (SSSR count). The molecular formula is C19H19F4N3O4S. The Labute approximate surface area is 176 Å². The van der Waals surface area contributed by atoms with Crippen LogP contribution in [0, 0.1) is 17.1 Å². The highest BCUT2D eigenvalue weighted by molar-refractivity contribution is 7.91. The lowest BCUT2D eigenvalue weighted by Crippen LogP contribution is -2.45. The number of rotatable bonds is 5. The van der Waals surface area contributed by atoms with Crippen LogP contribution in [0.5, 0.6) is 0 Å². The van der Waals surface area contributed by atoms with E-state index in [4.69, 9.17) is 5.26 Å². The summed E-state index contributed by atoms with van der Waals surface area (Å²) < 4.78 is 76.5. The van der Waals surface area contributed by atoms with Crippen LogP contribution in [0.2, 0.25) is 0 Å². The third-order valence-corrected chi connectivity index (χ3v) is 5.62. The van der Waals surface area contributed by atoms with Crippen molar-refractivity contribution >= 4 is 21.4 Å². The van der Waals surface area contributed by atoms with E-state index in [0.717, 1.165) is 37.4 Å². The Hall–Kier alpha value is -3.04. The van der Waals surface area contributed by atoms with E-state index in [2.05, 4.69) is 4.98 Å². The van der Waals surface area contributed by atoms with Gasteiger partial charge >= 0.3 is 6.18 Å². The number of aliphatic hydroxyl groups is 1. The van der Waals surface area contributed by atoms with Gasteiger partial charge in [0.2, 0.25) is 0 Å². The van der Waals surface area contributed by atoms with Crippen molar-refractivity contribution in [2.45, 2.75) is 37.4 Å². The van der Waals surface area contributed by atoms with Crippen LogP contribution in [0.3, 0.4) is 0 Å². The summed E-state index contributed by atoms with van der Waals surface area (Å²) in [5, 5.41) is 20.9. The molecule has 7 nitrogen and oxygen atoms in total. The van der Waals surface area contributed by atoms with E-state index in [1.165, 1.54) is 6.07 Å². The lowest BCUT2D eigenvalue weighted by atomic mass is 10.1. The molecule has 0 aliphatic carbocycles. The van der Waals surface area contributed by atoms with E-state index in [1.807, 2.05) is 19.2 Å². The molecule has 2 N–H and O–H groups in total. The van der Waals surface area contributed by atoms with Crippen LogP contribution >= 0.6 is 0 Å². The number of hydrogen-bond acceptors (Lipinski definition) is 6. The van der Waals surface area contributed by atoms with Crippen molar-refractivity contribution in [3.63, 3.8) is 0 Å². The Kier molecular flexibility index (Phi) is 8.26. The van der Waals surface area contributed by atoms with E-state index in [1.54, 1.807) is 0 Å². The fourth-order valence-corrected chi connectivity index (χ4v) is 3.85. The number of nitriles is 1. The van der Waals surface area contributed by atoms with Crippen LogP contribution in [-0.4, -0.2) is 35.8 Å². The summed E-state index contributed by atoms with van der Waals surface area (Å²) in [7, 11) is -4.23. The summed E-state index contributed by atoms with van der Waals surface area (Å²) in [4.78, 5) is 15.2. The molecule has 1 amide bonds. The highest BCUT2D eigenvalue weighted by atomic mass is 32.2. The first-order valence-electron chi connectivity index (χ1n) is 8.76. The monoisotopic (exact) mass is 461 g/mol. The van der Waals surface area contributed by atoms with E-state index in [9.17, 15) is 35.9 Å². The zero-order valence-corrected chi connectivity index (χ0v) is 17.5. The third kappa shape index (κ3) is 6.73. The number of aromatic nitrogens is 1. The molecule has 0 bridgehead atoms. The average molecular weight is 461 g/mol. The van der Waals surface area contributed by atoms with Crippen LogP contribution in [-0.2, 0) is 20.8 Å². The van der Waals surface area contributed by atoms with Gasteiger partial charge in [-0.2, -0.15) is 18.4 Å². The van der Waals surface area contributed by atoms with Crippen LogP contribution in [0.1, 0.15) is 32.0 Å². The predicted octanol–water partition coefficient (Wildman–Crippen LogP) is 3.30. The molecule has 1 unspecified atom stereocenters. The van der Waals surface area contributed by atoms with Crippen molar-refractivity contribution in [1.29, 1.82) is 5.26 Å². The first-order chi connectivity index (χ1) is 14.3. The van der Waals surface area contributed by atoms with Gasteiger partial charge in [-0.15, -0.1) is 0 Å². The standard InChI is InChI=1S/C17H13F4N3O4S.C2H6/c1-16(26,9-29(27,28)12-4-2-10(18)3-5-12)15(25)24-11-6-13(17(19,20)21)14(7-22)23-8-11;1-2/h2-6,8,26H,9H2,1H3,(H,24,25);1-2H3. The number of alkyl halides is 3. The maximum absolute atomic E-state index is 13.0. The second-order valence-electron chi connectivity index (χ2n) is 6.17. The topological polar surface area (TPSA) is 120 Å². The van der Waals surface area contributed by atoms with Gasteiger partial charge in [0, 0.05) is 0 Å². The maximum atomic E-state index is 13.0. The van der Waals surface area contributed by atoms with Gasteiger partial charge in [-0.25, -0.2) is 17.8 Å². The minimum atomic E-state index is -4.92. The zero-order chi connectivity index (χ0) is 24.0. The molecule has 1 atom stereocenters. The number of sulfone groups is 1. The van der Waals surface area contributed by atoms with Gasteiger partial charge in [0.15, 0.2) is 21.1 Å². The number of pyridine rings is 1. The third-order valence-electron chi connectivity index (χ3n) is 3.69. The van der Waals surface area contributed by atoms with Crippen LogP contribution in [0.25, 0.3) is 0 Å². The number of carbonyl (C=O) groups excluding carboxylic acids is 1. The van der Waals surface area contributed by atoms with Crippen molar-refractivity contribution in [3.8, 4) is 6.07 Å². The molecule has 0 saturated carbocycles. The molecule has 2 aromatic rings. The number of nitrogens with zero attached hydrogens (tertiary/aromatic N) is 2. The minimum Gasteiger partial charge on any atom is -0.379 e. The van der Waals surface area contributed by atoms with Crippen molar-refractivity contribution in [1.82, 2.24) is 4.98 Å². The first kappa shape index (κ1) is 26.0. The Bertz CT molecular complexity index is 1080. The van der Waals surface area contributed by atoms with E-state index in [0.29, 0.717) is 6.07 Å². The second-order valence-corrected chi connectivity index (χ2v) is 8.16. The van der Waals surface area contributed by atoms with Crippen molar-refractivity contribution in [3.05, 3.63) is 53.6 Å². The molecule has 1 aromatic carbocycles. The Morgan fingerprint density at radius 3 is 2.26 bits per heavy atom. The largest absolute Gasteiger partial charge is 0.419 e. The number of amides is 1. The SMILES string of the molecule is CC.CC(O)(CS(=O)(=O)c1ccc(F)cc1)C(=O)Nc1cnc(C#N)c(C(F)(F)F)c1. The molecule has 0 radical (unpaired) electrons. The van der Waals surface area contributed by atoms with Gasteiger partial charge in [0.1, 0.15) is 11.9 Å². The fraction of sp³-hybridized carbons (Fsp3) is 0.316. The number of carbonyl (C=O) groups is 1. The van der Waals surface area contributed by atoms with Gasteiger partial charge in [0.05, 0.1) is 28.1 Å². The molecule has 31 heavy (non-hydrogen) atoms. The summed E-state index contributed by atoms with van der Waals surface area (Å²) in [6, 6.07) is 5.35. The normalized spacial score (nSPS) is 13.3. The lowest BCUT2D eigenvalue weighted by molar-refractivity contribution is -0.138. The second kappa shape index (κ2) is 9.84. The minimum absolute atomic E-state index is 0.355. The quantitative estimate of drug-likeness (QED) is 0.521. The average Bonchev–Trinajstić information content (AvgIpc) is 2.68. The highest BCUT2D eigenvalue weighted by Gasteiger charge is 2.38. The molecule has 0 aliphatic rings. The summed E-state index contributed by atoms with van der Waals surface area (Å²) in [5.41, 5.74) is -5.36.